The minimum atomic E-state index is 0.521. The zero-order chi connectivity index (χ0) is 14.7. The smallest absolute Gasteiger partial charge is 0.145 e. The van der Waals surface area contributed by atoms with E-state index in [1.54, 1.807) is 6.20 Å². The summed E-state index contributed by atoms with van der Waals surface area (Å²) in [5.41, 5.74) is 2.43. The second-order valence-electron chi connectivity index (χ2n) is 4.54. The molecule has 4 heteroatoms. The van der Waals surface area contributed by atoms with Crippen molar-refractivity contribution >= 4 is 26.8 Å². The molecule has 0 saturated carbocycles. The molecule has 102 valence electrons. The number of nitrogens with zero attached hydrogens (tertiary/aromatic N) is 2. The number of halogens is 1. The Balaban J connectivity index is 1.96. The topological polar surface area (TPSA) is 45.9 Å². The van der Waals surface area contributed by atoms with Crippen LogP contribution < -0.4 is 4.74 Å². The highest BCUT2D eigenvalue weighted by molar-refractivity contribution is 9.08. The summed E-state index contributed by atoms with van der Waals surface area (Å²) in [6.07, 6.45) is 1.75. The van der Waals surface area contributed by atoms with E-state index >= 15 is 0 Å². The Kier molecular flexibility index (Phi) is 3.85. The highest BCUT2D eigenvalue weighted by Gasteiger charge is 2.06. The first-order valence-electron chi connectivity index (χ1n) is 6.42. The molecule has 0 aliphatic heterocycles. The zero-order valence-electron chi connectivity index (χ0n) is 11.1. The number of hydrogen-bond donors (Lipinski definition) is 0. The van der Waals surface area contributed by atoms with Crippen LogP contribution in [-0.2, 0) is 5.33 Å². The van der Waals surface area contributed by atoms with E-state index in [-0.39, 0.29) is 0 Å². The fourth-order valence-electron chi connectivity index (χ4n) is 2.07. The molecule has 0 N–H and O–H groups in total. The molecule has 0 radical (unpaired) electrons. The lowest BCUT2D eigenvalue weighted by molar-refractivity contribution is 0.481. The normalized spacial score (nSPS) is 10.3. The molecule has 0 bridgehead atoms. The summed E-state index contributed by atoms with van der Waals surface area (Å²) in [5, 5.41) is 11.0. The highest BCUT2D eigenvalue weighted by Crippen LogP contribution is 2.28. The number of alkyl halides is 1. The van der Waals surface area contributed by atoms with Crippen molar-refractivity contribution < 1.29 is 4.74 Å². The monoisotopic (exact) mass is 338 g/mol. The van der Waals surface area contributed by atoms with Gasteiger partial charge in [0.2, 0.25) is 0 Å². The van der Waals surface area contributed by atoms with Crippen molar-refractivity contribution in [3.05, 3.63) is 65.9 Å². The van der Waals surface area contributed by atoms with Crippen molar-refractivity contribution in [2.45, 2.75) is 5.33 Å². The van der Waals surface area contributed by atoms with Gasteiger partial charge in [-0.25, -0.2) is 0 Å². The van der Waals surface area contributed by atoms with Crippen LogP contribution in [0.3, 0.4) is 0 Å². The summed E-state index contributed by atoms with van der Waals surface area (Å²) in [7, 11) is 0. The predicted octanol–water partition coefficient (Wildman–Crippen LogP) is 4.79. The largest absolute Gasteiger partial charge is 0.456 e. The molecule has 0 unspecified atom stereocenters. The van der Waals surface area contributed by atoms with Crippen LogP contribution >= 0.6 is 15.9 Å². The molecule has 3 nitrogen and oxygen atoms in total. The molecular formula is C17H11BrN2O. The quantitative estimate of drug-likeness (QED) is 0.644. The number of fused-ring (bicyclic) bond motifs is 1. The van der Waals surface area contributed by atoms with Gasteiger partial charge in [-0.05, 0) is 35.9 Å². The summed E-state index contributed by atoms with van der Waals surface area (Å²) in [5.74, 6) is 1.22. The molecule has 0 aliphatic carbocycles. The number of pyridine rings is 1. The minimum absolute atomic E-state index is 0.521. The lowest BCUT2D eigenvalue weighted by Crippen LogP contribution is -1.90. The van der Waals surface area contributed by atoms with E-state index in [1.165, 1.54) is 0 Å². The van der Waals surface area contributed by atoms with E-state index in [4.69, 9.17) is 4.74 Å². The maximum Gasteiger partial charge on any atom is 0.145 e. The van der Waals surface area contributed by atoms with E-state index in [1.807, 2.05) is 48.5 Å². The third kappa shape index (κ3) is 2.88. The lowest BCUT2D eigenvalue weighted by atomic mass is 10.1. The molecule has 0 amide bonds. The first-order valence-corrected chi connectivity index (χ1v) is 7.54. The number of hydrogen-bond acceptors (Lipinski definition) is 3. The molecule has 0 saturated heterocycles. The van der Waals surface area contributed by atoms with Crippen molar-refractivity contribution in [2.75, 3.05) is 0 Å². The summed E-state index contributed by atoms with van der Waals surface area (Å²) in [6.45, 7) is 0. The molecule has 0 atom stereocenters. The molecule has 0 fully saturated rings. The van der Waals surface area contributed by atoms with Crippen LogP contribution in [0.4, 0.5) is 0 Å². The van der Waals surface area contributed by atoms with Gasteiger partial charge in [0.05, 0.1) is 11.1 Å². The average molecular weight is 339 g/mol. The second-order valence-corrected chi connectivity index (χ2v) is 5.10. The Labute approximate surface area is 130 Å². The number of nitriles is 1. The van der Waals surface area contributed by atoms with E-state index in [0.29, 0.717) is 22.4 Å². The van der Waals surface area contributed by atoms with Gasteiger partial charge >= 0.3 is 0 Å². The van der Waals surface area contributed by atoms with Gasteiger partial charge in [0.15, 0.2) is 0 Å². The Morgan fingerprint density at radius 3 is 2.86 bits per heavy atom. The predicted molar refractivity (Wildman–Crippen MR) is 85.6 cm³/mol. The van der Waals surface area contributed by atoms with Gasteiger partial charge in [-0.3, -0.25) is 4.98 Å². The van der Waals surface area contributed by atoms with Crippen LogP contribution in [0.1, 0.15) is 11.1 Å². The first-order chi connectivity index (χ1) is 10.3. The van der Waals surface area contributed by atoms with E-state index < -0.39 is 0 Å². The average Bonchev–Trinajstić information content (AvgIpc) is 2.55. The number of rotatable bonds is 3. The molecule has 1 heterocycles. The van der Waals surface area contributed by atoms with Crippen LogP contribution in [0.5, 0.6) is 11.5 Å². The SMILES string of the molecule is N#Cc1cc(CBr)ccc1Oc1ccc2cccnc2c1. The van der Waals surface area contributed by atoms with Crippen LogP contribution in [0.15, 0.2) is 54.7 Å². The molecule has 3 aromatic rings. The Morgan fingerprint density at radius 1 is 1.14 bits per heavy atom. The molecule has 2 aromatic carbocycles. The van der Waals surface area contributed by atoms with E-state index in [9.17, 15) is 5.26 Å². The van der Waals surface area contributed by atoms with Gasteiger partial charge in [0.25, 0.3) is 0 Å². The summed E-state index contributed by atoms with van der Waals surface area (Å²) < 4.78 is 5.83. The third-order valence-corrected chi connectivity index (χ3v) is 3.77. The zero-order valence-corrected chi connectivity index (χ0v) is 12.7. The standard InChI is InChI=1S/C17H11BrN2O/c18-10-12-3-6-17(14(8-12)11-19)21-15-5-4-13-2-1-7-20-16(13)9-15/h1-9H,10H2. The van der Waals surface area contributed by atoms with Gasteiger partial charge < -0.3 is 4.74 Å². The van der Waals surface area contributed by atoms with Crippen LogP contribution in [-0.4, -0.2) is 4.98 Å². The molecular weight excluding hydrogens is 328 g/mol. The van der Waals surface area contributed by atoms with E-state index in [2.05, 4.69) is 27.0 Å². The molecule has 0 spiro atoms. The Bertz CT molecular complexity index is 840. The van der Waals surface area contributed by atoms with Crippen LogP contribution in [0.2, 0.25) is 0 Å². The maximum atomic E-state index is 9.23. The van der Waals surface area contributed by atoms with Crippen molar-refractivity contribution in [3.63, 3.8) is 0 Å². The first kappa shape index (κ1) is 13.6. The third-order valence-electron chi connectivity index (χ3n) is 3.12. The minimum Gasteiger partial charge on any atom is -0.456 e. The van der Waals surface area contributed by atoms with Gasteiger partial charge in [-0.15, -0.1) is 0 Å². The van der Waals surface area contributed by atoms with Gasteiger partial charge in [0.1, 0.15) is 17.6 Å². The van der Waals surface area contributed by atoms with Crippen molar-refractivity contribution in [2.24, 2.45) is 0 Å². The van der Waals surface area contributed by atoms with Crippen molar-refractivity contribution in [1.29, 1.82) is 5.26 Å². The van der Waals surface area contributed by atoms with Crippen LogP contribution in [0.25, 0.3) is 10.9 Å². The fraction of sp³-hybridized carbons (Fsp3) is 0.0588. The molecule has 0 aliphatic rings. The van der Waals surface area contributed by atoms with Gasteiger partial charge in [-0.2, -0.15) is 5.26 Å². The van der Waals surface area contributed by atoms with Gasteiger partial charge in [0, 0.05) is 23.0 Å². The molecule has 21 heavy (non-hydrogen) atoms. The molecule has 1 aromatic heterocycles. The lowest BCUT2D eigenvalue weighted by Gasteiger charge is -2.09. The van der Waals surface area contributed by atoms with Crippen molar-refractivity contribution in [1.82, 2.24) is 4.98 Å². The Morgan fingerprint density at radius 2 is 2.05 bits per heavy atom. The van der Waals surface area contributed by atoms with Gasteiger partial charge in [-0.1, -0.05) is 28.1 Å². The van der Waals surface area contributed by atoms with E-state index in [0.717, 1.165) is 16.5 Å². The van der Waals surface area contributed by atoms with Crippen LogP contribution in [0, 0.1) is 11.3 Å². The number of ether oxygens (including phenoxy) is 1. The fourth-order valence-corrected chi connectivity index (χ4v) is 2.42. The summed E-state index contributed by atoms with van der Waals surface area (Å²) in [4.78, 5) is 4.30. The molecule has 3 rings (SSSR count). The number of benzene rings is 2. The second kappa shape index (κ2) is 5.94. The maximum absolute atomic E-state index is 9.23. The van der Waals surface area contributed by atoms with Crippen molar-refractivity contribution in [3.8, 4) is 17.6 Å². The summed E-state index contributed by atoms with van der Waals surface area (Å²) >= 11 is 3.38. The number of aromatic nitrogens is 1. The highest BCUT2D eigenvalue weighted by atomic mass is 79.9. The Hall–Kier alpha value is -2.38. The summed E-state index contributed by atoms with van der Waals surface area (Å²) in [6, 6.07) is 17.3.